The SMILES string of the molecule is CC(C)(NS(=O)(=O)Cc1ccc(CN)cc1)c1nccs1. The molecule has 2 rings (SSSR count). The summed E-state index contributed by atoms with van der Waals surface area (Å²) in [6.45, 7) is 4.06. The van der Waals surface area contributed by atoms with Crippen LogP contribution in [-0.4, -0.2) is 13.4 Å². The molecule has 1 aromatic carbocycles. The minimum absolute atomic E-state index is 0.0628. The molecule has 0 radical (unpaired) electrons. The van der Waals surface area contributed by atoms with Crippen LogP contribution in [-0.2, 0) is 27.9 Å². The third kappa shape index (κ3) is 4.34. The van der Waals surface area contributed by atoms with E-state index in [1.165, 1.54) is 11.3 Å². The van der Waals surface area contributed by atoms with Gasteiger partial charge in [0.1, 0.15) is 5.01 Å². The molecule has 114 valence electrons. The molecular formula is C14H19N3O2S2. The highest BCUT2D eigenvalue weighted by atomic mass is 32.2. The van der Waals surface area contributed by atoms with Crippen molar-refractivity contribution in [3.05, 3.63) is 52.0 Å². The Morgan fingerprint density at radius 1 is 1.24 bits per heavy atom. The molecule has 0 aliphatic heterocycles. The second-order valence-electron chi connectivity index (χ2n) is 5.34. The van der Waals surface area contributed by atoms with Gasteiger partial charge in [-0.2, -0.15) is 0 Å². The first-order valence-corrected chi connectivity index (χ1v) is 9.05. The Morgan fingerprint density at radius 2 is 1.86 bits per heavy atom. The monoisotopic (exact) mass is 325 g/mol. The van der Waals surface area contributed by atoms with E-state index < -0.39 is 15.6 Å². The Hall–Kier alpha value is -1.28. The van der Waals surface area contributed by atoms with E-state index in [-0.39, 0.29) is 5.75 Å². The van der Waals surface area contributed by atoms with Crippen LogP contribution in [0.5, 0.6) is 0 Å². The molecule has 21 heavy (non-hydrogen) atoms. The minimum atomic E-state index is -3.45. The first-order chi connectivity index (χ1) is 9.82. The van der Waals surface area contributed by atoms with Crippen molar-refractivity contribution in [2.24, 2.45) is 5.73 Å². The molecule has 0 unspecified atom stereocenters. The maximum absolute atomic E-state index is 12.3. The molecule has 0 amide bonds. The van der Waals surface area contributed by atoms with Gasteiger partial charge in [-0.05, 0) is 25.0 Å². The number of benzene rings is 1. The third-order valence-corrected chi connectivity index (χ3v) is 5.62. The molecule has 3 N–H and O–H groups in total. The first-order valence-electron chi connectivity index (χ1n) is 6.52. The van der Waals surface area contributed by atoms with Gasteiger partial charge in [-0.1, -0.05) is 24.3 Å². The standard InChI is InChI=1S/C14H19N3O2S2/c1-14(2,13-16-7-8-20-13)17-21(18,19)10-12-5-3-11(9-15)4-6-12/h3-8,17H,9-10,15H2,1-2H3. The van der Waals surface area contributed by atoms with Gasteiger partial charge in [-0.25, -0.2) is 18.1 Å². The van der Waals surface area contributed by atoms with Gasteiger partial charge in [0, 0.05) is 18.1 Å². The Bertz CT molecular complexity index is 678. The van der Waals surface area contributed by atoms with Crippen LogP contribution in [0.15, 0.2) is 35.8 Å². The maximum Gasteiger partial charge on any atom is 0.216 e. The molecule has 7 heteroatoms. The Morgan fingerprint density at radius 3 is 2.38 bits per heavy atom. The fourth-order valence-corrected chi connectivity index (χ4v) is 4.35. The van der Waals surface area contributed by atoms with E-state index in [1.807, 2.05) is 17.5 Å². The van der Waals surface area contributed by atoms with Crippen LogP contribution in [0.1, 0.15) is 30.0 Å². The summed E-state index contributed by atoms with van der Waals surface area (Å²) >= 11 is 1.43. The predicted molar refractivity (Wildman–Crippen MR) is 85.2 cm³/mol. The van der Waals surface area contributed by atoms with Crippen molar-refractivity contribution in [3.63, 3.8) is 0 Å². The second-order valence-corrected chi connectivity index (χ2v) is 7.96. The highest BCUT2D eigenvalue weighted by molar-refractivity contribution is 7.88. The van der Waals surface area contributed by atoms with Crippen molar-refractivity contribution in [2.45, 2.75) is 31.7 Å². The summed E-state index contributed by atoms with van der Waals surface area (Å²) in [5, 5.41) is 2.57. The highest BCUT2D eigenvalue weighted by Gasteiger charge is 2.29. The quantitative estimate of drug-likeness (QED) is 0.850. The number of hydrogen-bond donors (Lipinski definition) is 2. The molecule has 1 heterocycles. The van der Waals surface area contributed by atoms with Crippen LogP contribution in [0.4, 0.5) is 0 Å². The summed E-state index contributed by atoms with van der Waals surface area (Å²) in [5.41, 5.74) is 6.52. The fourth-order valence-electron chi connectivity index (χ4n) is 1.99. The van der Waals surface area contributed by atoms with E-state index in [4.69, 9.17) is 5.73 Å². The smallest absolute Gasteiger partial charge is 0.216 e. The van der Waals surface area contributed by atoms with Crippen LogP contribution >= 0.6 is 11.3 Å². The molecule has 0 saturated heterocycles. The van der Waals surface area contributed by atoms with Crippen molar-refractivity contribution in [3.8, 4) is 0 Å². The van der Waals surface area contributed by atoms with Gasteiger partial charge in [0.2, 0.25) is 10.0 Å². The summed E-state index contributed by atoms with van der Waals surface area (Å²) in [6, 6.07) is 7.27. The van der Waals surface area contributed by atoms with E-state index in [0.29, 0.717) is 6.54 Å². The number of sulfonamides is 1. The van der Waals surface area contributed by atoms with Crippen LogP contribution < -0.4 is 10.5 Å². The molecule has 1 aromatic heterocycles. The van der Waals surface area contributed by atoms with Gasteiger partial charge in [0.15, 0.2) is 0 Å². The van der Waals surface area contributed by atoms with Crippen LogP contribution in [0, 0.1) is 0 Å². The Labute approximate surface area is 129 Å². The topological polar surface area (TPSA) is 85.1 Å². The molecule has 0 aliphatic rings. The van der Waals surface area contributed by atoms with Crippen molar-refractivity contribution in [1.82, 2.24) is 9.71 Å². The summed E-state index contributed by atoms with van der Waals surface area (Å²) in [5.74, 6) is -0.0628. The number of rotatable bonds is 6. The highest BCUT2D eigenvalue weighted by Crippen LogP contribution is 2.23. The normalized spacial score (nSPS) is 12.5. The summed E-state index contributed by atoms with van der Waals surface area (Å²) in [6.07, 6.45) is 1.67. The maximum atomic E-state index is 12.3. The molecule has 0 saturated carbocycles. The summed E-state index contributed by atoms with van der Waals surface area (Å²) in [7, 11) is -3.45. The van der Waals surface area contributed by atoms with Gasteiger partial charge in [0.25, 0.3) is 0 Å². The number of nitrogens with two attached hydrogens (primary N) is 1. The predicted octanol–water partition coefficient (Wildman–Crippen LogP) is 1.96. The van der Waals surface area contributed by atoms with Crippen LogP contribution in [0.2, 0.25) is 0 Å². The summed E-state index contributed by atoms with van der Waals surface area (Å²) < 4.78 is 27.3. The minimum Gasteiger partial charge on any atom is -0.326 e. The molecule has 0 bridgehead atoms. The van der Waals surface area contributed by atoms with Gasteiger partial charge >= 0.3 is 0 Å². The molecule has 2 aromatic rings. The van der Waals surface area contributed by atoms with Gasteiger partial charge in [0.05, 0.1) is 11.3 Å². The lowest BCUT2D eigenvalue weighted by Gasteiger charge is -2.23. The number of aromatic nitrogens is 1. The van der Waals surface area contributed by atoms with Crippen molar-refractivity contribution in [1.29, 1.82) is 0 Å². The molecule has 0 aliphatic carbocycles. The molecule has 0 fully saturated rings. The lowest BCUT2D eigenvalue weighted by molar-refractivity contribution is 0.469. The number of hydrogen-bond acceptors (Lipinski definition) is 5. The fraction of sp³-hybridized carbons (Fsp3) is 0.357. The van der Waals surface area contributed by atoms with Gasteiger partial charge in [-0.3, -0.25) is 0 Å². The van der Waals surface area contributed by atoms with Gasteiger partial charge < -0.3 is 5.73 Å². The molecule has 5 nitrogen and oxygen atoms in total. The zero-order chi connectivity index (χ0) is 15.5. The van der Waals surface area contributed by atoms with Crippen molar-refractivity contribution < 1.29 is 8.42 Å². The van der Waals surface area contributed by atoms with Crippen LogP contribution in [0.3, 0.4) is 0 Å². The Kier molecular flexibility index (Phi) is 4.77. The van der Waals surface area contributed by atoms with Crippen molar-refractivity contribution >= 4 is 21.4 Å². The van der Waals surface area contributed by atoms with Crippen LogP contribution in [0.25, 0.3) is 0 Å². The Balaban J connectivity index is 2.11. The summed E-state index contributed by atoms with van der Waals surface area (Å²) in [4.78, 5) is 4.18. The lowest BCUT2D eigenvalue weighted by atomic mass is 10.1. The number of nitrogens with one attached hydrogen (secondary N) is 1. The van der Waals surface area contributed by atoms with E-state index in [1.54, 1.807) is 32.2 Å². The van der Waals surface area contributed by atoms with E-state index in [0.717, 1.165) is 16.1 Å². The lowest BCUT2D eigenvalue weighted by Crippen LogP contribution is -2.41. The average molecular weight is 325 g/mol. The zero-order valence-corrected chi connectivity index (χ0v) is 13.7. The van der Waals surface area contributed by atoms with E-state index >= 15 is 0 Å². The first kappa shape index (κ1) is 16.1. The average Bonchev–Trinajstić information content (AvgIpc) is 2.92. The van der Waals surface area contributed by atoms with Crippen molar-refractivity contribution in [2.75, 3.05) is 0 Å². The molecular weight excluding hydrogens is 306 g/mol. The largest absolute Gasteiger partial charge is 0.326 e. The molecule has 0 spiro atoms. The number of nitrogens with zero attached hydrogens (tertiary/aromatic N) is 1. The second kappa shape index (κ2) is 6.23. The third-order valence-electron chi connectivity index (χ3n) is 2.99. The number of thiazole rings is 1. The molecule has 0 atom stereocenters. The van der Waals surface area contributed by atoms with E-state index in [9.17, 15) is 8.42 Å². The van der Waals surface area contributed by atoms with E-state index in [2.05, 4.69) is 9.71 Å². The zero-order valence-electron chi connectivity index (χ0n) is 12.0. The van der Waals surface area contributed by atoms with Gasteiger partial charge in [-0.15, -0.1) is 11.3 Å².